The van der Waals surface area contributed by atoms with Crippen molar-refractivity contribution >= 4 is 17.7 Å². The highest BCUT2D eigenvalue weighted by Crippen LogP contribution is 2.56. The third kappa shape index (κ3) is 2.99. The number of nitrogens with zero attached hydrogens (tertiary/aromatic N) is 4. The summed E-state index contributed by atoms with van der Waals surface area (Å²) in [7, 11) is 0. The van der Waals surface area contributed by atoms with Gasteiger partial charge in [-0.05, 0) is 61.6 Å². The first kappa shape index (κ1) is 19.6. The number of amides is 3. The van der Waals surface area contributed by atoms with Crippen molar-refractivity contribution in [1.29, 1.82) is 0 Å². The summed E-state index contributed by atoms with van der Waals surface area (Å²) in [6.45, 7) is 1.10. The van der Waals surface area contributed by atoms with Gasteiger partial charge in [0.1, 0.15) is 6.54 Å². The van der Waals surface area contributed by atoms with Gasteiger partial charge in [0.25, 0.3) is 0 Å². The van der Waals surface area contributed by atoms with Crippen LogP contribution >= 0.6 is 0 Å². The summed E-state index contributed by atoms with van der Waals surface area (Å²) in [5.41, 5.74) is 3.09. The molecule has 0 unspecified atom stereocenters. The summed E-state index contributed by atoms with van der Waals surface area (Å²) in [6, 6.07) is 3.91. The van der Waals surface area contributed by atoms with E-state index >= 15 is 0 Å². The van der Waals surface area contributed by atoms with Gasteiger partial charge in [-0.25, -0.2) is 0 Å². The van der Waals surface area contributed by atoms with Gasteiger partial charge in [-0.2, -0.15) is 5.10 Å². The van der Waals surface area contributed by atoms with Crippen molar-refractivity contribution in [1.82, 2.24) is 25.0 Å². The minimum atomic E-state index is -0.170. The molecule has 2 aromatic rings. The van der Waals surface area contributed by atoms with Crippen LogP contribution in [0.15, 0.2) is 30.7 Å². The van der Waals surface area contributed by atoms with Crippen LogP contribution in [0.2, 0.25) is 0 Å². The SMILES string of the molecule is O=C(CN1C(=O)[C@@H]2[C@H]3CC[C@@H](C3)[C@@H]2C1=O)N1CCC[C@@H](c2[nH]ncc2-c2ccncc2)C1. The number of likely N-dealkylation sites (tertiary alicyclic amines) is 2. The first-order valence-corrected chi connectivity index (χ1v) is 11.7. The number of piperidine rings is 1. The number of pyridine rings is 1. The van der Waals surface area contributed by atoms with Crippen LogP contribution in [0.5, 0.6) is 0 Å². The van der Waals surface area contributed by atoms with Gasteiger partial charge in [0, 0.05) is 42.7 Å². The second kappa shape index (κ2) is 7.53. The molecule has 4 aliphatic rings. The lowest BCUT2D eigenvalue weighted by Gasteiger charge is -2.33. The second-order valence-corrected chi connectivity index (χ2v) is 9.76. The number of nitrogens with one attached hydrogen (secondary N) is 1. The van der Waals surface area contributed by atoms with Crippen LogP contribution in [-0.4, -0.2) is 62.3 Å². The monoisotopic (exact) mass is 433 g/mol. The average Bonchev–Trinajstić information content (AvgIpc) is 3.61. The van der Waals surface area contributed by atoms with Gasteiger partial charge in [-0.3, -0.25) is 29.4 Å². The lowest BCUT2D eigenvalue weighted by atomic mass is 9.81. The van der Waals surface area contributed by atoms with Gasteiger partial charge < -0.3 is 4.90 Å². The number of rotatable bonds is 4. The van der Waals surface area contributed by atoms with Crippen LogP contribution in [0.1, 0.15) is 43.7 Å². The molecule has 2 saturated carbocycles. The third-order valence-electron chi connectivity index (χ3n) is 8.15. The predicted octanol–water partition coefficient (Wildman–Crippen LogP) is 2.21. The third-order valence-corrected chi connectivity index (χ3v) is 8.15. The van der Waals surface area contributed by atoms with Crippen LogP contribution < -0.4 is 0 Å². The Labute approximate surface area is 186 Å². The predicted molar refractivity (Wildman–Crippen MR) is 115 cm³/mol. The van der Waals surface area contributed by atoms with Gasteiger partial charge in [-0.15, -0.1) is 0 Å². The zero-order valence-corrected chi connectivity index (χ0v) is 17.9. The Hall–Kier alpha value is -3.03. The summed E-state index contributed by atoms with van der Waals surface area (Å²) in [4.78, 5) is 46.3. The van der Waals surface area contributed by atoms with Gasteiger partial charge in [0.05, 0.1) is 18.0 Å². The number of H-pyrrole nitrogens is 1. The van der Waals surface area contributed by atoms with Gasteiger partial charge in [-0.1, -0.05) is 0 Å². The van der Waals surface area contributed by atoms with E-state index in [0.717, 1.165) is 48.9 Å². The zero-order chi connectivity index (χ0) is 21.8. The quantitative estimate of drug-likeness (QED) is 0.746. The van der Waals surface area contributed by atoms with Crippen molar-refractivity contribution in [3.05, 3.63) is 36.4 Å². The Morgan fingerprint density at radius 3 is 2.50 bits per heavy atom. The molecule has 8 heteroatoms. The van der Waals surface area contributed by atoms with Gasteiger partial charge in [0.2, 0.25) is 17.7 Å². The molecule has 2 saturated heterocycles. The smallest absolute Gasteiger partial charge is 0.242 e. The fraction of sp³-hybridized carbons (Fsp3) is 0.542. The molecule has 2 aromatic heterocycles. The minimum Gasteiger partial charge on any atom is -0.340 e. The maximum absolute atomic E-state index is 13.2. The van der Waals surface area contributed by atoms with Crippen LogP contribution in [0.4, 0.5) is 0 Å². The summed E-state index contributed by atoms with van der Waals surface area (Å²) in [5.74, 6) is 0.130. The minimum absolute atomic E-state index is 0.109. The van der Waals surface area contributed by atoms with Crippen LogP contribution in [0, 0.1) is 23.7 Å². The standard InChI is InChI=1S/C24H27N5O3/c30-19(13-29-23(31)20-15-3-4-16(10-15)21(20)24(29)32)28-9-1-2-17(12-28)22-18(11-26-27-22)14-5-7-25-8-6-14/h5-8,11,15-17,20-21H,1-4,9-10,12-13H2,(H,26,27)/t15-,16-,17+,20-,21+/m0/s1. The highest BCUT2D eigenvalue weighted by atomic mass is 16.2. The number of aromatic amines is 1. The number of hydrogen-bond donors (Lipinski definition) is 1. The lowest BCUT2D eigenvalue weighted by Crippen LogP contribution is -2.46. The molecule has 5 atom stereocenters. The maximum Gasteiger partial charge on any atom is 0.242 e. The van der Waals surface area contributed by atoms with E-state index in [1.807, 2.05) is 23.2 Å². The molecule has 4 heterocycles. The van der Waals surface area contributed by atoms with Crippen molar-refractivity contribution < 1.29 is 14.4 Å². The summed E-state index contributed by atoms with van der Waals surface area (Å²) < 4.78 is 0. The highest BCUT2D eigenvalue weighted by Gasteiger charge is 2.61. The lowest BCUT2D eigenvalue weighted by molar-refractivity contribution is -0.147. The molecule has 32 heavy (non-hydrogen) atoms. The fourth-order valence-corrected chi connectivity index (χ4v) is 6.67. The Morgan fingerprint density at radius 1 is 1.06 bits per heavy atom. The zero-order valence-electron chi connectivity index (χ0n) is 17.9. The van der Waals surface area contributed by atoms with Crippen molar-refractivity contribution in [2.45, 2.75) is 38.0 Å². The van der Waals surface area contributed by atoms with E-state index in [0.29, 0.717) is 24.9 Å². The van der Waals surface area contributed by atoms with E-state index in [4.69, 9.17) is 0 Å². The normalized spacial score (nSPS) is 31.4. The summed E-state index contributed by atoms with van der Waals surface area (Å²) in [6.07, 6.45) is 10.3. The average molecular weight is 434 g/mol. The number of carbonyl (C=O) groups is 3. The molecule has 2 aliphatic carbocycles. The van der Waals surface area contributed by atoms with Crippen molar-refractivity contribution in [3.63, 3.8) is 0 Å². The largest absolute Gasteiger partial charge is 0.340 e. The van der Waals surface area contributed by atoms with E-state index in [-0.39, 0.29) is 42.0 Å². The first-order chi connectivity index (χ1) is 15.6. The van der Waals surface area contributed by atoms with Crippen molar-refractivity contribution in [2.75, 3.05) is 19.6 Å². The molecule has 4 fully saturated rings. The van der Waals surface area contributed by atoms with Crippen molar-refractivity contribution in [2.24, 2.45) is 23.7 Å². The second-order valence-electron chi connectivity index (χ2n) is 9.76. The number of fused-ring (bicyclic) bond motifs is 5. The Balaban J connectivity index is 1.16. The summed E-state index contributed by atoms with van der Waals surface area (Å²) >= 11 is 0. The summed E-state index contributed by atoms with van der Waals surface area (Å²) in [5, 5.41) is 7.39. The molecule has 2 bridgehead atoms. The molecule has 2 aliphatic heterocycles. The Bertz CT molecular complexity index is 1040. The van der Waals surface area contributed by atoms with Crippen LogP contribution in [0.25, 0.3) is 11.1 Å². The molecule has 166 valence electrons. The van der Waals surface area contributed by atoms with E-state index in [2.05, 4.69) is 15.2 Å². The number of carbonyl (C=O) groups excluding carboxylic acids is 3. The molecule has 0 aromatic carbocycles. The van der Waals surface area contributed by atoms with E-state index in [9.17, 15) is 14.4 Å². The molecular weight excluding hydrogens is 406 g/mol. The molecule has 3 amide bonds. The molecule has 8 nitrogen and oxygen atoms in total. The molecule has 6 rings (SSSR count). The fourth-order valence-electron chi connectivity index (χ4n) is 6.67. The van der Waals surface area contributed by atoms with Crippen LogP contribution in [0.3, 0.4) is 0 Å². The van der Waals surface area contributed by atoms with Gasteiger partial charge in [0.15, 0.2) is 0 Å². The molecular formula is C24H27N5O3. The van der Waals surface area contributed by atoms with E-state index in [1.54, 1.807) is 12.4 Å². The van der Waals surface area contributed by atoms with Crippen LogP contribution in [-0.2, 0) is 14.4 Å². The van der Waals surface area contributed by atoms with Crippen molar-refractivity contribution in [3.8, 4) is 11.1 Å². The number of imide groups is 1. The maximum atomic E-state index is 13.2. The van der Waals surface area contributed by atoms with Gasteiger partial charge >= 0.3 is 0 Å². The Morgan fingerprint density at radius 2 is 1.78 bits per heavy atom. The van der Waals surface area contributed by atoms with E-state index < -0.39 is 0 Å². The number of hydrogen-bond acceptors (Lipinski definition) is 5. The Kier molecular flexibility index (Phi) is 4.62. The first-order valence-electron chi connectivity index (χ1n) is 11.7. The molecule has 0 radical (unpaired) electrons. The number of aromatic nitrogens is 3. The molecule has 1 N–H and O–H groups in total. The van der Waals surface area contributed by atoms with E-state index in [1.165, 1.54) is 4.90 Å². The topological polar surface area (TPSA) is 99.3 Å². The highest BCUT2D eigenvalue weighted by molar-refractivity contribution is 6.08. The molecule has 0 spiro atoms.